The highest BCUT2D eigenvalue weighted by atomic mass is 35.5. The van der Waals surface area contributed by atoms with Crippen molar-refractivity contribution >= 4 is 27.5 Å². The molecule has 1 fully saturated rings. The van der Waals surface area contributed by atoms with E-state index in [9.17, 15) is 18.5 Å². The van der Waals surface area contributed by atoms with Gasteiger partial charge in [0, 0.05) is 30.9 Å². The van der Waals surface area contributed by atoms with Crippen LogP contribution in [0.4, 0.5) is 0 Å². The Morgan fingerprint density at radius 3 is 2.57 bits per heavy atom. The zero-order chi connectivity index (χ0) is 21.7. The Balaban J connectivity index is 1.80. The van der Waals surface area contributed by atoms with Gasteiger partial charge in [-0.15, -0.1) is 0 Å². The van der Waals surface area contributed by atoms with Crippen molar-refractivity contribution in [2.75, 3.05) is 13.1 Å². The number of sulfonamides is 1. The van der Waals surface area contributed by atoms with E-state index in [0.717, 1.165) is 12.8 Å². The number of amides is 1. The molecule has 1 aromatic carbocycles. The highest BCUT2D eigenvalue weighted by molar-refractivity contribution is 7.89. The van der Waals surface area contributed by atoms with Gasteiger partial charge in [0.1, 0.15) is 17.8 Å². The van der Waals surface area contributed by atoms with E-state index in [2.05, 4.69) is 17.7 Å². The van der Waals surface area contributed by atoms with Gasteiger partial charge in [-0.25, -0.2) is 8.42 Å². The van der Waals surface area contributed by atoms with Crippen LogP contribution in [0.15, 0.2) is 47.5 Å². The Bertz CT molecular complexity index is 1020. The van der Waals surface area contributed by atoms with Gasteiger partial charge in [-0.2, -0.15) is 9.98 Å². The second kappa shape index (κ2) is 9.65. The molecule has 0 aliphatic carbocycles. The van der Waals surface area contributed by atoms with Crippen molar-refractivity contribution < 1.29 is 13.2 Å². The molecule has 160 valence electrons. The van der Waals surface area contributed by atoms with E-state index in [0.29, 0.717) is 36.3 Å². The predicted molar refractivity (Wildman–Crippen MR) is 114 cm³/mol. The summed E-state index contributed by atoms with van der Waals surface area (Å²) < 4.78 is 30.1. The third kappa shape index (κ3) is 5.42. The fourth-order valence-corrected chi connectivity index (χ4v) is 4.88. The number of hydrogen-bond donors (Lipinski definition) is 1. The lowest BCUT2D eigenvalue weighted by molar-refractivity contribution is -0.134. The molecule has 7 nitrogen and oxygen atoms in total. The Morgan fingerprint density at radius 1 is 1.27 bits per heavy atom. The number of benzene rings is 1. The Labute approximate surface area is 182 Å². The van der Waals surface area contributed by atoms with Gasteiger partial charge >= 0.3 is 0 Å². The van der Waals surface area contributed by atoms with Crippen molar-refractivity contribution in [3.8, 4) is 6.07 Å². The maximum Gasteiger partial charge on any atom is 0.241 e. The summed E-state index contributed by atoms with van der Waals surface area (Å²) >= 11 is 5.86. The van der Waals surface area contributed by atoms with Crippen molar-refractivity contribution in [2.45, 2.75) is 43.7 Å². The van der Waals surface area contributed by atoms with Crippen molar-refractivity contribution in [1.82, 2.24) is 14.2 Å². The number of nitrogens with zero attached hydrogens (tertiary/aromatic N) is 3. The molecule has 1 amide bonds. The minimum absolute atomic E-state index is 0.0515. The Kier molecular flexibility index (Phi) is 7.19. The van der Waals surface area contributed by atoms with Gasteiger partial charge in [0.2, 0.25) is 15.9 Å². The molecule has 1 aliphatic heterocycles. The summed E-state index contributed by atoms with van der Waals surface area (Å²) in [6.45, 7) is 3.73. The van der Waals surface area contributed by atoms with Crippen molar-refractivity contribution in [3.05, 3.63) is 53.3 Å². The molecular formula is C21H25ClN4O3S. The van der Waals surface area contributed by atoms with Crippen LogP contribution in [-0.2, 0) is 21.4 Å². The maximum absolute atomic E-state index is 13.2. The van der Waals surface area contributed by atoms with Gasteiger partial charge in [-0.05, 0) is 61.6 Å². The summed E-state index contributed by atoms with van der Waals surface area (Å²) in [7, 11) is -3.91. The molecule has 1 unspecified atom stereocenters. The maximum atomic E-state index is 13.2. The van der Waals surface area contributed by atoms with Crippen LogP contribution in [0.25, 0.3) is 0 Å². The van der Waals surface area contributed by atoms with Crippen LogP contribution in [-0.4, -0.2) is 42.9 Å². The van der Waals surface area contributed by atoms with Gasteiger partial charge in [0.25, 0.3) is 0 Å². The van der Waals surface area contributed by atoms with Crippen LogP contribution in [0.1, 0.15) is 31.9 Å². The number of likely N-dealkylation sites (tertiary alicyclic amines) is 1. The molecule has 0 bridgehead atoms. The smallest absolute Gasteiger partial charge is 0.241 e. The van der Waals surface area contributed by atoms with Crippen LogP contribution in [0.3, 0.4) is 0 Å². The Morgan fingerprint density at radius 2 is 1.93 bits per heavy atom. The third-order valence-corrected chi connectivity index (χ3v) is 7.16. The molecular weight excluding hydrogens is 424 g/mol. The van der Waals surface area contributed by atoms with E-state index in [1.165, 1.54) is 24.3 Å². The Hall–Kier alpha value is -2.34. The van der Waals surface area contributed by atoms with Crippen LogP contribution >= 0.6 is 11.6 Å². The lowest BCUT2D eigenvalue weighted by Crippen LogP contribution is -2.50. The zero-order valence-corrected chi connectivity index (χ0v) is 18.4. The molecule has 1 N–H and O–H groups in total. The summed E-state index contributed by atoms with van der Waals surface area (Å²) in [6, 6.07) is 10.4. The molecule has 1 atom stereocenters. The zero-order valence-electron chi connectivity index (χ0n) is 16.8. The number of halogens is 1. The molecule has 0 spiro atoms. The van der Waals surface area contributed by atoms with Crippen LogP contribution in [0.2, 0.25) is 5.02 Å². The monoisotopic (exact) mass is 448 g/mol. The quantitative estimate of drug-likeness (QED) is 0.704. The first kappa shape index (κ1) is 22.3. The molecule has 0 radical (unpaired) electrons. The summed E-state index contributed by atoms with van der Waals surface area (Å²) in [5.74, 6) is 0.321. The van der Waals surface area contributed by atoms with E-state index in [1.807, 2.05) is 0 Å². The first-order valence-corrected chi connectivity index (χ1v) is 11.8. The van der Waals surface area contributed by atoms with Gasteiger partial charge in [-0.3, -0.25) is 4.79 Å². The summed E-state index contributed by atoms with van der Waals surface area (Å²) in [5, 5.41) is 9.63. The van der Waals surface area contributed by atoms with Crippen molar-refractivity contribution in [2.24, 2.45) is 5.92 Å². The highest BCUT2D eigenvalue weighted by Crippen LogP contribution is 2.19. The number of carbonyl (C=O) groups is 1. The van der Waals surface area contributed by atoms with E-state index < -0.39 is 16.1 Å². The SMILES string of the molecule is CC1CCN(C(=O)C(CCn2cccc2C#N)NS(=O)(=O)c2ccc(Cl)cc2)CC1. The molecule has 3 rings (SSSR count). The summed E-state index contributed by atoms with van der Waals surface area (Å²) in [4.78, 5) is 15.0. The first-order valence-electron chi connectivity index (χ1n) is 9.92. The predicted octanol–water partition coefficient (Wildman–Crippen LogP) is 3.01. The number of aryl methyl sites for hydroxylation is 1. The van der Waals surface area contributed by atoms with E-state index in [1.54, 1.807) is 27.8 Å². The molecule has 2 aromatic rings. The average molecular weight is 449 g/mol. The van der Waals surface area contributed by atoms with Gasteiger partial charge in [0.05, 0.1) is 4.90 Å². The molecule has 30 heavy (non-hydrogen) atoms. The van der Waals surface area contributed by atoms with Crippen molar-refractivity contribution in [3.63, 3.8) is 0 Å². The number of hydrogen-bond acceptors (Lipinski definition) is 4. The van der Waals surface area contributed by atoms with E-state index >= 15 is 0 Å². The van der Waals surface area contributed by atoms with Crippen LogP contribution in [0.5, 0.6) is 0 Å². The average Bonchev–Trinajstić information content (AvgIpc) is 3.19. The molecule has 0 saturated carbocycles. The fraction of sp³-hybridized carbons (Fsp3) is 0.429. The number of rotatable bonds is 7. The number of piperidine rings is 1. The fourth-order valence-electron chi connectivity index (χ4n) is 3.53. The number of nitriles is 1. The number of nitrogens with one attached hydrogen (secondary N) is 1. The molecule has 1 saturated heterocycles. The summed E-state index contributed by atoms with van der Waals surface area (Å²) in [5.41, 5.74) is 0.466. The number of carbonyl (C=O) groups excluding carboxylic acids is 1. The van der Waals surface area contributed by atoms with E-state index in [4.69, 9.17) is 11.6 Å². The highest BCUT2D eigenvalue weighted by Gasteiger charge is 2.31. The molecule has 1 aromatic heterocycles. The number of aromatic nitrogens is 1. The minimum atomic E-state index is -3.91. The van der Waals surface area contributed by atoms with Crippen molar-refractivity contribution in [1.29, 1.82) is 5.26 Å². The topological polar surface area (TPSA) is 95.2 Å². The van der Waals surface area contributed by atoms with Gasteiger partial charge in [-0.1, -0.05) is 18.5 Å². The van der Waals surface area contributed by atoms with Gasteiger partial charge < -0.3 is 9.47 Å². The molecule has 9 heteroatoms. The minimum Gasteiger partial charge on any atom is -0.341 e. The lowest BCUT2D eigenvalue weighted by atomic mass is 9.98. The largest absolute Gasteiger partial charge is 0.341 e. The van der Waals surface area contributed by atoms with Crippen LogP contribution in [0, 0.1) is 17.2 Å². The first-order chi connectivity index (χ1) is 14.3. The van der Waals surface area contributed by atoms with Gasteiger partial charge in [0.15, 0.2) is 0 Å². The third-order valence-electron chi connectivity index (χ3n) is 5.42. The standard InChI is InChI=1S/C21H25ClN4O3S/c1-16-8-12-26(13-9-16)21(27)20(10-14-25-11-2-3-18(25)15-23)24-30(28,29)19-6-4-17(22)5-7-19/h2-7,11,16,20,24H,8-10,12-14H2,1H3. The lowest BCUT2D eigenvalue weighted by Gasteiger charge is -2.33. The molecule has 2 heterocycles. The normalized spacial score (nSPS) is 16.2. The summed E-state index contributed by atoms with van der Waals surface area (Å²) in [6.07, 6.45) is 3.79. The van der Waals surface area contributed by atoms with E-state index in [-0.39, 0.29) is 17.2 Å². The molecule has 1 aliphatic rings. The second-order valence-electron chi connectivity index (χ2n) is 7.62. The second-order valence-corrected chi connectivity index (χ2v) is 9.77. The van der Waals surface area contributed by atoms with Crippen LogP contribution < -0.4 is 4.72 Å².